The monoisotopic (exact) mass is 251 g/mol. The van der Waals surface area contributed by atoms with Gasteiger partial charge in [0.2, 0.25) is 0 Å². The molecule has 0 fully saturated rings. The minimum absolute atomic E-state index is 0.351. The van der Waals surface area contributed by atoms with Crippen LogP contribution < -0.4 is 5.73 Å². The zero-order valence-electron chi connectivity index (χ0n) is 11.2. The molecule has 1 heterocycles. The predicted molar refractivity (Wildman–Crippen MR) is 80.0 cm³/mol. The van der Waals surface area contributed by atoms with Gasteiger partial charge in [-0.15, -0.1) is 0 Å². The van der Waals surface area contributed by atoms with Gasteiger partial charge in [-0.3, -0.25) is 0 Å². The lowest BCUT2D eigenvalue weighted by atomic mass is 10.2. The van der Waals surface area contributed by atoms with E-state index < -0.39 is 0 Å². The number of nitrogen functional groups attached to an aromatic ring is 1. The quantitative estimate of drug-likeness (QED) is 0.703. The molecule has 0 aliphatic carbocycles. The smallest absolute Gasteiger partial charge is 0.141 e. The molecule has 0 radical (unpaired) electrons. The van der Waals surface area contributed by atoms with Crippen LogP contribution in [0.25, 0.3) is 22.4 Å². The Morgan fingerprint density at radius 3 is 2.58 bits per heavy atom. The third-order valence-electron chi connectivity index (χ3n) is 3.26. The van der Waals surface area contributed by atoms with E-state index in [4.69, 9.17) is 10.7 Å². The second kappa shape index (κ2) is 4.43. The van der Waals surface area contributed by atoms with Gasteiger partial charge in [-0.1, -0.05) is 24.3 Å². The van der Waals surface area contributed by atoms with E-state index in [0.717, 1.165) is 28.1 Å². The van der Waals surface area contributed by atoms with Crippen LogP contribution in [-0.4, -0.2) is 9.55 Å². The summed E-state index contributed by atoms with van der Waals surface area (Å²) in [5.74, 6) is 0.975. The highest BCUT2D eigenvalue weighted by Crippen LogP contribution is 2.28. The van der Waals surface area contributed by atoms with Crippen molar-refractivity contribution in [1.29, 1.82) is 0 Å². The molecule has 3 aromatic rings. The maximum atomic E-state index is 5.88. The van der Waals surface area contributed by atoms with Crippen LogP contribution in [0, 0.1) is 0 Å². The topological polar surface area (TPSA) is 43.8 Å². The summed E-state index contributed by atoms with van der Waals surface area (Å²) >= 11 is 0. The summed E-state index contributed by atoms with van der Waals surface area (Å²) in [7, 11) is 0. The third-order valence-corrected chi connectivity index (χ3v) is 3.26. The van der Waals surface area contributed by atoms with Crippen molar-refractivity contribution in [3.05, 3.63) is 48.5 Å². The Balaban J connectivity index is 2.31. The van der Waals surface area contributed by atoms with E-state index in [9.17, 15) is 0 Å². The molecule has 0 bridgehead atoms. The Labute approximate surface area is 112 Å². The van der Waals surface area contributed by atoms with E-state index >= 15 is 0 Å². The van der Waals surface area contributed by atoms with Gasteiger partial charge in [0.05, 0.1) is 11.0 Å². The van der Waals surface area contributed by atoms with Crippen molar-refractivity contribution in [2.24, 2.45) is 0 Å². The molecule has 2 aromatic carbocycles. The number of hydrogen-bond donors (Lipinski definition) is 1. The first-order chi connectivity index (χ1) is 9.16. The Hall–Kier alpha value is -2.29. The molecule has 0 saturated carbocycles. The lowest BCUT2D eigenvalue weighted by Gasteiger charge is -2.13. The number of para-hydroxylation sites is 2. The number of nitrogens with zero attached hydrogens (tertiary/aromatic N) is 2. The van der Waals surface area contributed by atoms with E-state index in [2.05, 4.69) is 30.5 Å². The number of aromatic nitrogens is 2. The number of fused-ring (bicyclic) bond motifs is 1. The van der Waals surface area contributed by atoms with Gasteiger partial charge in [-0.05, 0) is 38.1 Å². The van der Waals surface area contributed by atoms with Gasteiger partial charge in [-0.25, -0.2) is 4.98 Å². The summed E-state index contributed by atoms with van der Waals surface area (Å²) in [6.07, 6.45) is 0. The molecule has 3 rings (SSSR count). The zero-order chi connectivity index (χ0) is 13.4. The molecule has 0 saturated heterocycles. The summed E-state index contributed by atoms with van der Waals surface area (Å²) in [4.78, 5) is 4.75. The van der Waals surface area contributed by atoms with E-state index in [1.54, 1.807) is 0 Å². The molecule has 0 aliphatic heterocycles. The largest absolute Gasteiger partial charge is 0.399 e. The molecule has 0 atom stereocenters. The maximum Gasteiger partial charge on any atom is 0.141 e. The average molecular weight is 251 g/mol. The summed E-state index contributed by atoms with van der Waals surface area (Å²) in [6, 6.07) is 16.5. The summed E-state index contributed by atoms with van der Waals surface area (Å²) in [6.45, 7) is 4.34. The summed E-state index contributed by atoms with van der Waals surface area (Å²) < 4.78 is 2.25. The fraction of sp³-hybridized carbons (Fsp3) is 0.188. The highest BCUT2D eigenvalue weighted by molar-refractivity contribution is 5.81. The predicted octanol–water partition coefficient (Wildman–Crippen LogP) is 3.87. The normalized spacial score (nSPS) is 11.3. The lowest BCUT2D eigenvalue weighted by Crippen LogP contribution is -2.03. The van der Waals surface area contributed by atoms with Crippen LogP contribution in [0.1, 0.15) is 19.9 Å². The second-order valence-corrected chi connectivity index (χ2v) is 5.01. The van der Waals surface area contributed by atoms with Gasteiger partial charge < -0.3 is 10.3 Å². The van der Waals surface area contributed by atoms with Crippen molar-refractivity contribution >= 4 is 16.7 Å². The van der Waals surface area contributed by atoms with Crippen LogP contribution >= 0.6 is 0 Å². The first-order valence-electron chi connectivity index (χ1n) is 6.49. The summed E-state index contributed by atoms with van der Waals surface area (Å²) in [5.41, 5.74) is 9.89. The summed E-state index contributed by atoms with van der Waals surface area (Å²) in [5, 5.41) is 0. The molecular weight excluding hydrogens is 234 g/mol. The van der Waals surface area contributed by atoms with E-state index in [-0.39, 0.29) is 0 Å². The number of imidazole rings is 1. The zero-order valence-corrected chi connectivity index (χ0v) is 11.2. The molecule has 96 valence electrons. The number of hydrogen-bond acceptors (Lipinski definition) is 2. The average Bonchev–Trinajstić information content (AvgIpc) is 2.78. The highest BCUT2D eigenvalue weighted by atomic mass is 15.1. The van der Waals surface area contributed by atoms with Crippen LogP contribution in [0.15, 0.2) is 48.5 Å². The van der Waals surface area contributed by atoms with Crippen molar-refractivity contribution < 1.29 is 0 Å². The van der Waals surface area contributed by atoms with Crippen LogP contribution in [0.2, 0.25) is 0 Å². The minimum atomic E-state index is 0.351. The van der Waals surface area contributed by atoms with Gasteiger partial charge in [0.25, 0.3) is 0 Å². The number of nitrogens with two attached hydrogens (primary N) is 1. The standard InChI is InChI=1S/C16H17N3/c1-11(2)19-15-9-4-3-8-14(15)18-16(19)12-6-5-7-13(17)10-12/h3-11H,17H2,1-2H3. The van der Waals surface area contributed by atoms with Crippen molar-refractivity contribution in [2.75, 3.05) is 5.73 Å². The van der Waals surface area contributed by atoms with Crippen molar-refractivity contribution in [1.82, 2.24) is 9.55 Å². The van der Waals surface area contributed by atoms with Crippen molar-refractivity contribution in [2.45, 2.75) is 19.9 Å². The molecule has 0 aliphatic rings. The first kappa shape index (κ1) is 11.8. The Kier molecular flexibility index (Phi) is 2.75. The Morgan fingerprint density at radius 1 is 1.05 bits per heavy atom. The minimum Gasteiger partial charge on any atom is -0.399 e. The molecule has 2 N–H and O–H groups in total. The third kappa shape index (κ3) is 1.97. The Bertz CT molecular complexity index is 726. The first-order valence-corrected chi connectivity index (χ1v) is 6.49. The van der Waals surface area contributed by atoms with Crippen LogP contribution in [0.5, 0.6) is 0 Å². The van der Waals surface area contributed by atoms with Gasteiger partial charge >= 0.3 is 0 Å². The number of rotatable bonds is 2. The molecule has 1 aromatic heterocycles. The van der Waals surface area contributed by atoms with Crippen molar-refractivity contribution in [3.63, 3.8) is 0 Å². The molecule has 0 amide bonds. The van der Waals surface area contributed by atoms with Crippen LogP contribution in [0.3, 0.4) is 0 Å². The molecule has 3 nitrogen and oxygen atoms in total. The Morgan fingerprint density at radius 2 is 1.84 bits per heavy atom. The van der Waals surface area contributed by atoms with Gasteiger partial charge in [0, 0.05) is 17.3 Å². The fourth-order valence-electron chi connectivity index (χ4n) is 2.45. The fourth-order valence-corrected chi connectivity index (χ4v) is 2.45. The second-order valence-electron chi connectivity index (χ2n) is 5.01. The molecule has 19 heavy (non-hydrogen) atoms. The molecule has 0 spiro atoms. The number of benzene rings is 2. The molecular formula is C16H17N3. The van der Waals surface area contributed by atoms with Crippen LogP contribution in [-0.2, 0) is 0 Å². The SMILES string of the molecule is CC(C)n1c(-c2cccc(N)c2)nc2ccccc21. The molecule has 0 unspecified atom stereocenters. The van der Waals surface area contributed by atoms with Gasteiger partial charge in [0.1, 0.15) is 5.82 Å². The van der Waals surface area contributed by atoms with E-state index in [0.29, 0.717) is 6.04 Å². The highest BCUT2D eigenvalue weighted by Gasteiger charge is 2.14. The lowest BCUT2D eigenvalue weighted by molar-refractivity contribution is 0.624. The van der Waals surface area contributed by atoms with Gasteiger partial charge in [-0.2, -0.15) is 0 Å². The van der Waals surface area contributed by atoms with Crippen LogP contribution in [0.4, 0.5) is 5.69 Å². The van der Waals surface area contributed by atoms with Gasteiger partial charge in [0.15, 0.2) is 0 Å². The maximum absolute atomic E-state index is 5.88. The van der Waals surface area contributed by atoms with E-state index in [1.807, 2.05) is 36.4 Å². The number of anilines is 1. The molecule has 3 heteroatoms. The van der Waals surface area contributed by atoms with E-state index in [1.165, 1.54) is 0 Å². The van der Waals surface area contributed by atoms with Crippen molar-refractivity contribution in [3.8, 4) is 11.4 Å².